The average molecular weight is 400 g/mol. The molecule has 0 heterocycles. The molecule has 0 fully saturated rings. The molecule has 0 aliphatic heterocycles. The Morgan fingerprint density at radius 2 is 1.74 bits per heavy atom. The van der Waals surface area contributed by atoms with Crippen molar-refractivity contribution in [3.8, 4) is 5.75 Å². The van der Waals surface area contributed by atoms with E-state index in [0.29, 0.717) is 28.1 Å². The largest absolute Gasteiger partial charge is 0.488 e. The maximum atomic E-state index is 10.9. The molecule has 0 radical (unpaired) electrons. The molecule has 1 N–H and O–H groups in total. The third kappa shape index (κ3) is 5.09. The standard InChI is InChI=1S/C21H15Cl2NO3/c22-18-10-9-17(11-19(18)23)24-12-16-3-1-2-4-20(16)27-13-14-5-7-15(8-6-14)21(25)26/h1-12H,13H2,(H,25,26). The Bertz CT molecular complexity index is 985. The minimum Gasteiger partial charge on any atom is -0.488 e. The van der Waals surface area contributed by atoms with E-state index in [0.717, 1.165) is 11.1 Å². The quantitative estimate of drug-likeness (QED) is 0.515. The SMILES string of the molecule is O=C(O)c1ccc(COc2ccccc2C=Nc2ccc(Cl)c(Cl)c2)cc1. The van der Waals surface area contributed by atoms with E-state index >= 15 is 0 Å². The van der Waals surface area contributed by atoms with Crippen LogP contribution in [0.15, 0.2) is 71.7 Å². The molecule has 4 nitrogen and oxygen atoms in total. The molecule has 0 aliphatic carbocycles. The van der Waals surface area contributed by atoms with Crippen LogP contribution in [0.3, 0.4) is 0 Å². The van der Waals surface area contributed by atoms with E-state index < -0.39 is 5.97 Å². The van der Waals surface area contributed by atoms with Gasteiger partial charge in [0.15, 0.2) is 0 Å². The smallest absolute Gasteiger partial charge is 0.335 e. The van der Waals surface area contributed by atoms with Crippen LogP contribution in [0.5, 0.6) is 5.75 Å². The van der Waals surface area contributed by atoms with Crippen molar-refractivity contribution in [3.05, 3.63) is 93.5 Å². The second-order valence-corrected chi connectivity index (χ2v) is 6.50. The average Bonchev–Trinajstić information content (AvgIpc) is 2.68. The second-order valence-electron chi connectivity index (χ2n) is 5.69. The van der Waals surface area contributed by atoms with Gasteiger partial charge in [-0.1, -0.05) is 47.5 Å². The number of carboxylic acids is 1. The first-order chi connectivity index (χ1) is 13.0. The third-order valence-corrected chi connectivity index (χ3v) is 4.51. The number of carboxylic acid groups (broad SMARTS) is 1. The summed E-state index contributed by atoms with van der Waals surface area (Å²) in [6, 6.07) is 19.2. The highest BCUT2D eigenvalue weighted by Crippen LogP contribution is 2.27. The van der Waals surface area contributed by atoms with Crippen LogP contribution >= 0.6 is 23.2 Å². The molecule has 0 bridgehead atoms. The lowest BCUT2D eigenvalue weighted by molar-refractivity contribution is 0.0697. The second kappa shape index (κ2) is 8.71. The molecule has 136 valence electrons. The summed E-state index contributed by atoms with van der Waals surface area (Å²) in [5.74, 6) is -0.282. The third-order valence-electron chi connectivity index (χ3n) is 3.77. The summed E-state index contributed by atoms with van der Waals surface area (Å²) in [5, 5.41) is 9.87. The Labute approximate surface area is 166 Å². The van der Waals surface area contributed by atoms with E-state index in [1.165, 1.54) is 0 Å². The summed E-state index contributed by atoms with van der Waals surface area (Å²) >= 11 is 11.9. The maximum Gasteiger partial charge on any atom is 0.335 e. The van der Waals surface area contributed by atoms with Crippen LogP contribution in [0.2, 0.25) is 10.0 Å². The molecule has 3 rings (SSSR count). The van der Waals surface area contributed by atoms with Crippen LogP contribution in [0.25, 0.3) is 0 Å². The first-order valence-electron chi connectivity index (χ1n) is 8.06. The lowest BCUT2D eigenvalue weighted by Gasteiger charge is -2.09. The Morgan fingerprint density at radius 3 is 2.44 bits per heavy atom. The fourth-order valence-corrected chi connectivity index (χ4v) is 2.63. The van der Waals surface area contributed by atoms with Crippen molar-refractivity contribution in [1.82, 2.24) is 0 Å². The zero-order valence-electron chi connectivity index (χ0n) is 14.1. The first kappa shape index (κ1) is 19.0. The van der Waals surface area contributed by atoms with Crippen molar-refractivity contribution in [2.45, 2.75) is 6.61 Å². The molecule has 0 unspecified atom stereocenters. The molecule has 0 aromatic heterocycles. The monoisotopic (exact) mass is 399 g/mol. The summed E-state index contributed by atoms with van der Waals surface area (Å²) in [6.07, 6.45) is 1.70. The van der Waals surface area contributed by atoms with Crippen molar-refractivity contribution < 1.29 is 14.6 Å². The number of hydrogen-bond donors (Lipinski definition) is 1. The van der Waals surface area contributed by atoms with E-state index in [2.05, 4.69) is 4.99 Å². The minimum atomic E-state index is -0.952. The predicted octanol–water partition coefficient (Wildman–Crippen LogP) is 6.02. The molecule has 0 saturated heterocycles. The minimum absolute atomic E-state index is 0.243. The van der Waals surface area contributed by atoms with Gasteiger partial charge in [-0.25, -0.2) is 4.79 Å². The Morgan fingerprint density at radius 1 is 1.00 bits per heavy atom. The summed E-state index contributed by atoms with van der Waals surface area (Å²) < 4.78 is 5.87. The molecule has 0 aliphatic rings. The summed E-state index contributed by atoms with van der Waals surface area (Å²) in [4.78, 5) is 15.3. The molecule has 0 spiro atoms. The number of benzene rings is 3. The fraction of sp³-hybridized carbons (Fsp3) is 0.0476. The molecular weight excluding hydrogens is 385 g/mol. The molecule has 27 heavy (non-hydrogen) atoms. The van der Waals surface area contributed by atoms with Gasteiger partial charge in [0, 0.05) is 11.8 Å². The topological polar surface area (TPSA) is 58.9 Å². The number of halogens is 2. The van der Waals surface area contributed by atoms with Crippen LogP contribution in [0, 0.1) is 0 Å². The number of aliphatic imine (C=N–C) groups is 1. The van der Waals surface area contributed by atoms with Crippen molar-refractivity contribution >= 4 is 41.1 Å². The van der Waals surface area contributed by atoms with Crippen molar-refractivity contribution in [2.75, 3.05) is 0 Å². The van der Waals surface area contributed by atoms with E-state index in [-0.39, 0.29) is 5.56 Å². The van der Waals surface area contributed by atoms with E-state index in [1.807, 2.05) is 24.3 Å². The van der Waals surface area contributed by atoms with Crippen molar-refractivity contribution in [2.24, 2.45) is 4.99 Å². The van der Waals surface area contributed by atoms with Gasteiger partial charge in [-0.15, -0.1) is 0 Å². The van der Waals surface area contributed by atoms with Crippen molar-refractivity contribution in [1.29, 1.82) is 0 Å². The zero-order chi connectivity index (χ0) is 19.2. The van der Waals surface area contributed by atoms with Gasteiger partial charge in [-0.05, 0) is 48.0 Å². The number of carbonyl (C=O) groups is 1. The van der Waals surface area contributed by atoms with Gasteiger partial charge >= 0.3 is 5.97 Å². The lowest BCUT2D eigenvalue weighted by Crippen LogP contribution is -2.00. The van der Waals surface area contributed by atoms with Crippen LogP contribution < -0.4 is 4.74 Å². The van der Waals surface area contributed by atoms with Crippen LogP contribution in [0.4, 0.5) is 5.69 Å². The molecule has 0 saturated carbocycles. The summed E-state index contributed by atoms with van der Waals surface area (Å²) in [5.41, 5.74) is 2.61. The molecule has 3 aromatic rings. The number of nitrogens with zero attached hydrogens (tertiary/aromatic N) is 1. The normalized spacial score (nSPS) is 10.9. The molecular formula is C21H15Cl2NO3. The highest BCUT2D eigenvalue weighted by Gasteiger charge is 2.05. The van der Waals surface area contributed by atoms with E-state index in [1.54, 1.807) is 48.7 Å². The fourth-order valence-electron chi connectivity index (χ4n) is 2.33. The number of rotatable bonds is 6. The van der Waals surface area contributed by atoms with Crippen molar-refractivity contribution in [3.63, 3.8) is 0 Å². The Kier molecular flexibility index (Phi) is 6.12. The van der Waals surface area contributed by atoms with Gasteiger partial charge in [-0.2, -0.15) is 0 Å². The number of para-hydroxylation sites is 1. The molecule has 3 aromatic carbocycles. The van der Waals surface area contributed by atoms with Crippen LogP contribution in [-0.2, 0) is 6.61 Å². The van der Waals surface area contributed by atoms with E-state index in [4.69, 9.17) is 33.0 Å². The Hall–Kier alpha value is -2.82. The van der Waals surface area contributed by atoms with Gasteiger partial charge in [0.25, 0.3) is 0 Å². The van der Waals surface area contributed by atoms with Gasteiger partial charge < -0.3 is 9.84 Å². The molecule has 6 heteroatoms. The van der Waals surface area contributed by atoms with Gasteiger partial charge in [0.2, 0.25) is 0 Å². The van der Waals surface area contributed by atoms with E-state index in [9.17, 15) is 4.79 Å². The number of aromatic carboxylic acids is 1. The molecule has 0 atom stereocenters. The number of hydrogen-bond acceptors (Lipinski definition) is 3. The van der Waals surface area contributed by atoms with Gasteiger partial charge in [0.05, 0.1) is 21.3 Å². The lowest BCUT2D eigenvalue weighted by atomic mass is 10.1. The number of ether oxygens (including phenoxy) is 1. The Balaban J connectivity index is 1.72. The highest BCUT2D eigenvalue weighted by atomic mass is 35.5. The first-order valence-corrected chi connectivity index (χ1v) is 8.82. The highest BCUT2D eigenvalue weighted by molar-refractivity contribution is 6.42. The molecule has 0 amide bonds. The summed E-state index contributed by atoms with van der Waals surface area (Å²) in [7, 11) is 0. The van der Waals surface area contributed by atoms with Crippen LogP contribution in [0.1, 0.15) is 21.5 Å². The van der Waals surface area contributed by atoms with Gasteiger partial charge in [-0.3, -0.25) is 4.99 Å². The van der Waals surface area contributed by atoms with Gasteiger partial charge in [0.1, 0.15) is 12.4 Å². The van der Waals surface area contributed by atoms with Crippen LogP contribution in [-0.4, -0.2) is 17.3 Å². The maximum absolute atomic E-state index is 10.9. The zero-order valence-corrected chi connectivity index (χ0v) is 15.6. The predicted molar refractivity (Wildman–Crippen MR) is 108 cm³/mol. The summed E-state index contributed by atoms with van der Waals surface area (Å²) in [6.45, 7) is 0.317.